The van der Waals surface area contributed by atoms with Gasteiger partial charge in [0.1, 0.15) is 10.6 Å². The zero-order valence-corrected chi connectivity index (χ0v) is 15.1. The van der Waals surface area contributed by atoms with Gasteiger partial charge in [0, 0.05) is 17.3 Å². The molecule has 1 heterocycles. The molecule has 0 unspecified atom stereocenters. The molecule has 3 aromatic rings. The number of hydrogen-bond acceptors (Lipinski definition) is 5. The van der Waals surface area contributed by atoms with Crippen LogP contribution in [0.25, 0.3) is 11.3 Å². The summed E-state index contributed by atoms with van der Waals surface area (Å²) in [6.07, 6.45) is 0. The quantitative estimate of drug-likeness (QED) is 0.696. The van der Waals surface area contributed by atoms with Crippen LogP contribution in [0.15, 0.2) is 64.3 Å². The van der Waals surface area contributed by atoms with Crippen LogP contribution >= 0.6 is 11.6 Å². The normalized spacial score (nSPS) is 11.2. The summed E-state index contributed by atoms with van der Waals surface area (Å²) in [7, 11) is -2.40. The maximum Gasteiger partial charge on any atom is 0.264 e. The first-order valence-corrected chi connectivity index (χ1v) is 9.28. The fraction of sp³-hybridized carbons (Fsp3) is 0.0588. The van der Waals surface area contributed by atoms with E-state index in [0.29, 0.717) is 22.7 Å². The second kappa shape index (κ2) is 7.19. The lowest BCUT2D eigenvalue weighted by Gasteiger charge is -2.11. The lowest BCUT2D eigenvalue weighted by Crippen LogP contribution is -2.13. The van der Waals surface area contributed by atoms with Gasteiger partial charge in [-0.2, -0.15) is 5.10 Å². The summed E-state index contributed by atoms with van der Waals surface area (Å²) in [5.41, 5.74) is 0.939. The van der Waals surface area contributed by atoms with Crippen LogP contribution < -0.4 is 15.0 Å². The minimum absolute atomic E-state index is 0.0687. The summed E-state index contributed by atoms with van der Waals surface area (Å²) < 4.78 is 32.9. The molecule has 0 saturated heterocycles. The van der Waals surface area contributed by atoms with Crippen molar-refractivity contribution in [2.75, 3.05) is 11.8 Å². The molecule has 2 N–H and O–H groups in total. The first-order valence-electron chi connectivity index (χ1n) is 7.41. The Hall–Kier alpha value is -2.84. The van der Waals surface area contributed by atoms with Crippen molar-refractivity contribution < 1.29 is 13.2 Å². The van der Waals surface area contributed by atoms with E-state index in [4.69, 9.17) is 16.3 Å². The molecule has 7 nitrogen and oxygen atoms in total. The van der Waals surface area contributed by atoms with Crippen LogP contribution in [0.4, 0.5) is 5.69 Å². The second-order valence-corrected chi connectivity index (χ2v) is 7.34. The monoisotopic (exact) mass is 391 g/mol. The smallest absolute Gasteiger partial charge is 0.264 e. The molecule has 3 rings (SSSR count). The molecular weight excluding hydrogens is 378 g/mol. The Morgan fingerprint density at radius 3 is 2.42 bits per heavy atom. The number of aromatic amines is 1. The average Bonchev–Trinajstić information content (AvgIpc) is 2.63. The van der Waals surface area contributed by atoms with Crippen molar-refractivity contribution in [1.82, 2.24) is 10.2 Å². The van der Waals surface area contributed by atoms with Crippen LogP contribution in [-0.4, -0.2) is 25.7 Å². The van der Waals surface area contributed by atoms with Gasteiger partial charge in [-0.05, 0) is 42.5 Å². The number of methoxy groups -OCH3 is 1. The van der Waals surface area contributed by atoms with Gasteiger partial charge in [-0.15, -0.1) is 0 Å². The molecule has 0 radical (unpaired) electrons. The molecule has 0 aliphatic heterocycles. The number of anilines is 1. The Balaban J connectivity index is 1.96. The lowest BCUT2D eigenvalue weighted by molar-refractivity contribution is 0.415. The van der Waals surface area contributed by atoms with Crippen LogP contribution in [-0.2, 0) is 10.0 Å². The SMILES string of the molecule is COc1ccc(NS(=O)(=O)c2cc(-c3ccc(=O)[nH]n3)ccc2Cl)cc1. The van der Waals surface area contributed by atoms with Gasteiger partial charge in [0.15, 0.2) is 0 Å². The molecule has 0 saturated carbocycles. The van der Waals surface area contributed by atoms with E-state index in [1.54, 1.807) is 30.3 Å². The fourth-order valence-electron chi connectivity index (χ4n) is 2.24. The largest absolute Gasteiger partial charge is 0.497 e. The van der Waals surface area contributed by atoms with Crippen molar-refractivity contribution in [3.63, 3.8) is 0 Å². The van der Waals surface area contributed by atoms with Crippen LogP contribution in [0, 0.1) is 0 Å². The lowest BCUT2D eigenvalue weighted by atomic mass is 10.1. The van der Waals surface area contributed by atoms with E-state index in [2.05, 4.69) is 14.9 Å². The Bertz CT molecular complexity index is 1080. The van der Waals surface area contributed by atoms with Crippen LogP contribution in [0.3, 0.4) is 0 Å². The van der Waals surface area contributed by atoms with E-state index in [0.717, 1.165) is 0 Å². The fourth-order valence-corrected chi connectivity index (χ4v) is 3.83. The maximum atomic E-state index is 12.7. The van der Waals surface area contributed by atoms with E-state index >= 15 is 0 Å². The van der Waals surface area contributed by atoms with Crippen LogP contribution in [0.1, 0.15) is 0 Å². The van der Waals surface area contributed by atoms with Crippen LogP contribution in [0.2, 0.25) is 5.02 Å². The third kappa shape index (κ3) is 3.87. The van der Waals surface area contributed by atoms with Gasteiger partial charge in [0.25, 0.3) is 15.6 Å². The minimum Gasteiger partial charge on any atom is -0.497 e. The van der Waals surface area contributed by atoms with E-state index < -0.39 is 10.0 Å². The van der Waals surface area contributed by atoms with Gasteiger partial charge in [0.2, 0.25) is 0 Å². The van der Waals surface area contributed by atoms with E-state index in [9.17, 15) is 13.2 Å². The molecule has 134 valence electrons. The zero-order valence-electron chi connectivity index (χ0n) is 13.6. The average molecular weight is 392 g/mol. The minimum atomic E-state index is -3.92. The molecule has 9 heteroatoms. The van der Waals surface area contributed by atoms with E-state index in [1.807, 2.05) is 0 Å². The van der Waals surface area contributed by atoms with Crippen LogP contribution in [0.5, 0.6) is 5.75 Å². The topological polar surface area (TPSA) is 101 Å². The van der Waals surface area contributed by atoms with Gasteiger partial charge >= 0.3 is 0 Å². The molecule has 26 heavy (non-hydrogen) atoms. The summed E-state index contributed by atoms with van der Waals surface area (Å²) in [6, 6.07) is 13.7. The molecule has 0 aliphatic carbocycles. The first kappa shape index (κ1) is 18.0. The third-order valence-electron chi connectivity index (χ3n) is 3.54. The molecule has 2 aromatic carbocycles. The zero-order chi connectivity index (χ0) is 18.7. The number of halogens is 1. The number of benzene rings is 2. The van der Waals surface area contributed by atoms with Gasteiger partial charge in [0.05, 0.1) is 17.8 Å². The van der Waals surface area contributed by atoms with E-state index in [-0.39, 0.29) is 15.5 Å². The number of rotatable bonds is 5. The summed E-state index contributed by atoms with van der Waals surface area (Å²) in [6.45, 7) is 0. The number of aromatic nitrogens is 2. The Morgan fingerprint density at radius 1 is 1.08 bits per heavy atom. The molecule has 0 fully saturated rings. The van der Waals surface area contributed by atoms with Crippen molar-refractivity contribution in [2.24, 2.45) is 0 Å². The first-order chi connectivity index (χ1) is 12.4. The molecule has 0 aliphatic rings. The molecule has 0 amide bonds. The number of ether oxygens (including phenoxy) is 1. The molecule has 1 aromatic heterocycles. The molecular formula is C17H14ClN3O4S. The summed E-state index contributed by atoms with van der Waals surface area (Å²) in [5, 5.41) is 6.27. The second-order valence-electron chi connectivity index (χ2n) is 5.29. The highest BCUT2D eigenvalue weighted by Gasteiger charge is 2.19. The molecule has 0 spiro atoms. The number of H-pyrrole nitrogens is 1. The number of nitrogens with one attached hydrogen (secondary N) is 2. The van der Waals surface area contributed by atoms with Crippen molar-refractivity contribution >= 4 is 27.3 Å². The Kier molecular flexibility index (Phi) is 4.97. The van der Waals surface area contributed by atoms with Crippen molar-refractivity contribution in [2.45, 2.75) is 4.90 Å². The predicted molar refractivity (Wildman–Crippen MR) is 99.1 cm³/mol. The highest BCUT2D eigenvalue weighted by atomic mass is 35.5. The highest BCUT2D eigenvalue weighted by molar-refractivity contribution is 7.92. The maximum absolute atomic E-state index is 12.7. The number of sulfonamides is 1. The summed E-state index contributed by atoms with van der Waals surface area (Å²) >= 11 is 6.09. The standard InChI is InChI=1S/C17H14ClN3O4S/c1-25-13-5-3-12(4-6-13)21-26(23,24)16-10-11(2-7-14(16)18)15-8-9-17(22)20-19-15/h2-10,21H,1H3,(H,20,22). The van der Waals surface area contributed by atoms with Gasteiger partial charge in [-0.1, -0.05) is 17.7 Å². The summed E-state index contributed by atoms with van der Waals surface area (Å²) in [4.78, 5) is 11.0. The number of nitrogens with zero attached hydrogens (tertiary/aromatic N) is 1. The summed E-state index contributed by atoms with van der Waals surface area (Å²) in [5.74, 6) is 0.608. The van der Waals surface area contributed by atoms with Gasteiger partial charge in [-0.3, -0.25) is 9.52 Å². The molecule has 0 atom stereocenters. The Morgan fingerprint density at radius 2 is 1.81 bits per heavy atom. The van der Waals surface area contributed by atoms with Gasteiger partial charge in [-0.25, -0.2) is 13.5 Å². The van der Waals surface area contributed by atoms with Crippen molar-refractivity contribution in [3.05, 3.63) is 70.0 Å². The highest BCUT2D eigenvalue weighted by Crippen LogP contribution is 2.28. The van der Waals surface area contributed by atoms with Crippen molar-refractivity contribution in [1.29, 1.82) is 0 Å². The Labute approximate surface area is 154 Å². The van der Waals surface area contributed by atoms with Crippen molar-refractivity contribution in [3.8, 4) is 17.0 Å². The number of hydrogen-bond donors (Lipinski definition) is 2. The van der Waals surface area contributed by atoms with Gasteiger partial charge < -0.3 is 4.74 Å². The predicted octanol–water partition coefficient (Wildman–Crippen LogP) is 2.90. The third-order valence-corrected chi connectivity index (χ3v) is 5.40. The van der Waals surface area contributed by atoms with E-state index in [1.165, 1.54) is 31.4 Å². The molecule has 0 bridgehead atoms.